The van der Waals surface area contributed by atoms with E-state index in [0.29, 0.717) is 0 Å². The molecule has 0 saturated carbocycles. The summed E-state index contributed by atoms with van der Waals surface area (Å²) in [6, 6.07) is 0. The van der Waals surface area contributed by atoms with Crippen molar-refractivity contribution < 1.29 is 73.2 Å². The van der Waals surface area contributed by atoms with E-state index in [1.165, 1.54) is 0 Å². The molecule has 0 atom stereocenters. The van der Waals surface area contributed by atoms with E-state index in [0.717, 1.165) is 0 Å². The average Bonchev–Trinajstić information content (AvgIpc) is 0.722. The van der Waals surface area contributed by atoms with Crippen molar-refractivity contribution >= 4 is 10.4 Å². The molecule has 0 bridgehead atoms. The predicted octanol–water partition coefficient (Wildman–Crippen LogP) is -7.11. The van der Waals surface area contributed by atoms with Gasteiger partial charge in [0.05, 0.1) is 0 Å². The molecule has 0 spiro atoms. The summed E-state index contributed by atoms with van der Waals surface area (Å²) in [5.41, 5.74) is 0. The number of hydrogen-bond acceptors (Lipinski definition) is 4. The van der Waals surface area contributed by atoms with Crippen molar-refractivity contribution in [2.45, 2.75) is 0 Å². The summed E-state index contributed by atoms with van der Waals surface area (Å²) in [5, 5.41) is 0. The summed E-state index contributed by atoms with van der Waals surface area (Å²) in [7, 11) is -5.17. The first-order valence-corrected chi connectivity index (χ1v) is 2.00. The van der Waals surface area contributed by atoms with Gasteiger partial charge >= 0.3 is 17.4 Å². The normalized spacial score (nSPS) is 4.46. The van der Waals surface area contributed by atoms with Crippen LogP contribution in [0.1, 0.15) is 0 Å². The van der Waals surface area contributed by atoms with Gasteiger partial charge in [0.15, 0.2) is 0 Å². The summed E-state index contributed by atoms with van der Waals surface area (Å²) in [4.78, 5) is 0. The molecule has 0 saturated heterocycles. The molecule has 13 heavy (non-hydrogen) atoms. The van der Waals surface area contributed by atoms with E-state index in [1.54, 1.807) is 0 Å². The summed E-state index contributed by atoms with van der Waals surface area (Å²) in [6.45, 7) is 0. The Labute approximate surface area is 84.2 Å². The van der Waals surface area contributed by atoms with Crippen molar-refractivity contribution in [1.29, 1.82) is 0 Å². The molecule has 0 aliphatic heterocycles. The molecule has 0 aromatic carbocycles. The molecule has 0 amide bonds. The molecule has 91 valence electrons. The van der Waals surface area contributed by atoms with Crippen LogP contribution in [0.5, 0.6) is 0 Å². The molecule has 0 aromatic rings. The maximum absolute atomic E-state index is 8.52. The second kappa shape index (κ2) is 40.0. The topological polar surface area (TPSA) is 301 Å². The molecule has 0 rings (SSSR count). The first-order chi connectivity index (χ1) is 2.00. The fourth-order valence-electron chi connectivity index (χ4n) is 0. The minimum absolute atomic E-state index is 0. The van der Waals surface area contributed by atoms with Gasteiger partial charge in [-0.05, 0) is 0 Å². The molecule has 0 fully saturated rings. The first-order valence-electron chi connectivity index (χ1n) is 0.667. The predicted molar refractivity (Wildman–Crippen MR) is 35.8 cm³/mol. The summed E-state index contributed by atoms with van der Waals surface area (Å²) in [6.07, 6.45) is 0. The van der Waals surface area contributed by atoms with Gasteiger partial charge in [-0.15, -0.1) is 0 Å². The van der Waals surface area contributed by atoms with Gasteiger partial charge in [-0.2, -0.15) is 0 Å². The molecule has 0 aliphatic carbocycles. The van der Waals surface area contributed by atoms with Crippen molar-refractivity contribution in [1.82, 2.24) is 0 Å². The maximum atomic E-state index is 8.52. The van der Waals surface area contributed by atoms with E-state index in [1.807, 2.05) is 0 Å². The van der Waals surface area contributed by atoms with Gasteiger partial charge in [-0.25, -0.2) is 0 Å². The molecule has 13 heteroatoms. The van der Waals surface area contributed by atoms with Crippen LogP contribution < -0.4 is 0 Å². The minimum Gasteiger partial charge on any atom is -0.759 e. The molecule has 0 unspecified atom stereocenters. The standard InChI is InChI=1S/Cr.H2O4S.7H2O/c;1-5(2,3)4;;;;;;;/h;(H2,1,2,3,4);7*1H2/q+3;;;;;;;;/p-2. The van der Waals surface area contributed by atoms with Crippen LogP contribution in [0.15, 0.2) is 0 Å². The Morgan fingerprint density at radius 2 is 0.615 bits per heavy atom. The zero-order valence-electron chi connectivity index (χ0n) is 5.95. The third-order valence-electron chi connectivity index (χ3n) is 0. The van der Waals surface area contributed by atoms with Crippen LogP contribution in [0.4, 0.5) is 0 Å². The molecule has 11 nitrogen and oxygen atoms in total. The Kier molecular flexibility index (Phi) is 349. The van der Waals surface area contributed by atoms with Gasteiger partial charge in [-0.1, -0.05) is 0 Å². The van der Waals surface area contributed by atoms with Crippen LogP contribution >= 0.6 is 0 Å². The first kappa shape index (κ1) is 113. The smallest absolute Gasteiger partial charge is 0.759 e. The fourth-order valence-corrected chi connectivity index (χ4v) is 0. The van der Waals surface area contributed by atoms with Crippen molar-refractivity contribution in [2.24, 2.45) is 0 Å². The van der Waals surface area contributed by atoms with Crippen LogP contribution in [0, 0.1) is 0 Å². The average molecular weight is 274 g/mol. The summed E-state index contributed by atoms with van der Waals surface area (Å²) >= 11 is 0. The summed E-state index contributed by atoms with van der Waals surface area (Å²) < 4.78 is 34.1. The van der Waals surface area contributed by atoms with Crippen LogP contribution in [0.2, 0.25) is 0 Å². The second-order valence-corrected chi connectivity index (χ2v) is 1.22. The summed E-state index contributed by atoms with van der Waals surface area (Å²) in [5.74, 6) is 0. The number of rotatable bonds is 0. The molecule has 0 aromatic heterocycles. The second-order valence-electron chi connectivity index (χ2n) is 0.408. The Hall–Kier alpha value is 0.122. The van der Waals surface area contributed by atoms with E-state index in [2.05, 4.69) is 0 Å². The zero-order valence-corrected chi connectivity index (χ0v) is 8.04. The Balaban J connectivity index is -0.00000000286. The van der Waals surface area contributed by atoms with Crippen molar-refractivity contribution in [3.05, 3.63) is 0 Å². The monoisotopic (exact) mass is 274 g/mol. The van der Waals surface area contributed by atoms with E-state index in [9.17, 15) is 0 Å². The third-order valence-corrected chi connectivity index (χ3v) is 0. The number of hydrogen-bond donors (Lipinski definition) is 0. The van der Waals surface area contributed by atoms with E-state index in [4.69, 9.17) is 17.5 Å². The van der Waals surface area contributed by atoms with Gasteiger partial charge in [0.2, 0.25) is 0 Å². The van der Waals surface area contributed by atoms with E-state index in [-0.39, 0.29) is 55.7 Å². The molecular formula is H14CrO11S+. The van der Waals surface area contributed by atoms with E-state index < -0.39 is 10.4 Å². The third kappa shape index (κ3) is 82800. The quantitative estimate of drug-likeness (QED) is 0.306. The molecule has 0 heterocycles. The Morgan fingerprint density at radius 1 is 0.615 bits per heavy atom. The molecule has 0 aliphatic rings. The van der Waals surface area contributed by atoms with Crippen LogP contribution in [0.3, 0.4) is 0 Å². The largest absolute Gasteiger partial charge is 3.00 e. The van der Waals surface area contributed by atoms with Gasteiger partial charge in [0.1, 0.15) is 0 Å². The zero-order chi connectivity index (χ0) is 4.50. The van der Waals surface area contributed by atoms with Crippen molar-refractivity contribution in [3.63, 3.8) is 0 Å². The van der Waals surface area contributed by atoms with Crippen molar-refractivity contribution in [3.8, 4) is 0 Å². The van der Waals surface area contributed by atoms with E-state index >= 15 is 0 Å². The minimum atomic E-state index is -5.17. The SMILES string of the molecule is O.O.O.O.O.O.O.O=S(=O)([O-])[O-].[Cr+3]. The van der Waals surface area contributed by atoms with Gasteiger partial charge in [-0.3, -0.25) is 8.42 Å². The molecular weight excluding hydrogens is 260 g/mol. The molecule has 1 radical (unpaired) electrons. The fraction of sp³-hybridized carbons (Fsp3) is 0. The maximum Gasteiger partial charge on any atom is 3.00 e. The van der Waals surface area contributed by atoms with Crippen LogP contribution in [0.25, 0.3) is 0 Å². The van der Waals surface area contributed by atoms with Gasteiger partial charge in [0, 0.05) is 10.4 Å². The van der Waals surface area contributed by atoms with Gasteiger partial charge in [0.25, 0.3) is 0 Å². The van der Waals surface area contributed by atoms with Crippen molar-refractivity contribution in [2.75, 3.05) is 0 Å². The Bertz CT molecular complexity index is 93.3. The van der Waals surface area contributed by atoms with Crippen LogP contribution in [-0.2, 0) is 27.8 Å². The van der Waals surface area contributed by atoms with Gasteiger partial charge < -0.3 is 47.4 Å². The van der Waals surface area contributed by atoms with Crippen LogP contribution in [-0.4, -0.2) is 55.9 Å². The Morgan fingerprint density at radius 3 is 0.615 bits per heavy atom. The molecule has 14 N–H and O–H groups in total.